The van der Waals surface area contributed by atoms with E-state index < -0.39 is 20.9 Å². The molecule has 4 nitrogen and oxygen atoms in total. The fraction of sp³-hybridized carbons (Fsp3) is 0.444. The number of rotatable bonds is 6. The van der Waals surface area contributed by atoms with E-state index in [-0.39, 0.29) is 0 Å². The van der Waals surface area contributed by atoms with Crippen LogP contribution in [0.2, 0.25) is 0 Å². The Bertz CT molecular complexity index is 437. The third-order valence-electron chi connectivity index (χ3n) is 1.80. The minimum atomic E-state index is -3.82. The summed E-state index contributed by atoms with van der Waals surface area (Å²) in [6.07, 6.45) is 3.89. The predicted octanol–water partition coefficient (Wildman–Crippen LogP) is 1.25. The summed E-state index contributed by atoms with van der Waals surface area (Å²) in [5.41, 5.74) is 0. The molecule has 0 atom stereocenters. The Morgan fingerprint density at radius 3 is 2.94 bits per heavy atom. The van der Waals surface area contributed by atoms with Crippen molar-refractivity contribution in [3.05, 3.63) is 24.1 Å². The van der Waals surface area contributed by atoms with Gasteiger partial charge in [-0.15, -0.1) is 0 Å². The molecule has 0 radical (unpaired) electrons. The van der Waals surface area contributed by atoms with Gasteiger partial charge in [0.1, 0.15) is 0 Å². The molecule has 0 aliphatic rings. The number of hydrogen-bond donors (Lipinski definition) is 1. The molecule has 1 rings (SSSR count). The van der Waals surface area contributed by atoms with Gasteiger partial charge in [-0.25, -0.2) is 22.5 Å². The third-order valence-corrected chi connectivity index (χ3v) is 3.89. The van der Waals surface area contributed by atoms with Gasteiger partial charge in [0.05, 0.1) is 0 Å². The van der Waals surface area contributed by atoms with Gasteiger partial charge in [-0.05, 0) is 30.6 Å². The van der Waals surface area contributed by atoms with E-state index in [2.05, 4.69) is 9.71 Å². The Morgan fingerprint density at radius 2 is 2.31 bits per heavy atom. The van der Waals surface area contributed by atoms with Crippen molar-refractivity contribution in [2.75, 3.05) is 18.6 Å². The topological polar surface area (TPSA) is 59.1 Å². The number of halogens is 1. The monoisotopic (exact) mass is 264 g/mol. The SMILES string of the molecule is CSCCCNS(=O)(=O)c1ncccc1F. The van der Waals surface area contributed by atoms with E-state index in [0.29, 0.717) is 13.0 Å². The first-order valence-electron chi connectivity index (χ1n) is 4.67. The van der Waals surface area contributed by atoms with Gasteiger partial charge in [0, 0.05) is 12.7 Å². The predicted molar refractivity (Wildman–Crippen MR) is 62.4 cm³/mol. The zero-order valence-corrected chi connectivity index (χ0v) is 10.4. The Hall–Kier alpha value is -0.660. The van der Waals surface area contributed by atoms with Crippen molar-refractivity contribution in [1.82, 2.24) is 9.71 Å². The van der Waals surface area contributed by atoms with E-state index in [1.54, 1.807) is 11.8 Å². The molecule has 0 amide bonds. The van der Waals surface area contributed by atoms with E-state index in [4.69, 9.17) is 0 Å². The summed E-state index contributed by atoms with van der Waals surface area (Å²) in [6, 6.07) is 2.42. The Kier molecular flexibility index (Phi) is 5.17. The molecule has 0 bridgehead atoms. The van der Waals surface area contributed by atoms with Crippen LogP contribution >= 0.6 is 11.8 Å². The molecule has 1 N–H and O–H groups in total. The molecule has 0 aliphatic carbocycles. The second kappa shape index (κ2) is 6.17. The summed E-state index contributed by atoms with van der Waals surface area (Å²) in [6.45, 7) is 0.291. The van der Waals surface area contributed by atoms with Crippen LogP contribution in [0.25, 0.3) is 0 Å². The van der Waals surface area contributed by atoms with Gasteiger partial charge in [0.2, 0.25) is 5.03 Å². The molecule has 0 aliphatic heterocycles. The number of sulfonamides is 1. The van der Waals surface area contributed by atoms with E-state index in [0.717, 1.165) is 11.8 Å². The lowest BCUT2D eigenvalue weighted by Crippen LogP contribution is -2.26. The smallest absolute Gasteiger partial charge is 0.241 e. The van der Waals surface area contributed by atoms with Gasteiger partial charge in [0.15, 0.2) is 5.82 Å². The fourth-order valence-electron chi connectivity index (χ4n) is 1.06. The maximum Gasteiger partial charge on any atom is 0.261 e. The zero-order valence-electron chi connectivity index (χ0n) is 8.81. The summed E-state index contributed by atoms with van der Waals surface area (Å²) in [4.78, 5) is 3.52. The zero-order chi connectivity index (χ0) is 12.0. The van der Waals surface area contributed by atoms with Gasteiger partial charge in [-0.3, -0.25) is 0 Å². The second-order valence-corrected chi connectivity index (χ2v) is 5.70. The first-order valence-corrected chi connectivity index (χ1v) is 7.55. The van der Waals surface area contributed by atoms with E-state index in [1.807, 2.05) is 6.26 Å². The molecule has 0 fully saturated rings. The number of thioether (sulfide) groups is 1. The van der Waals surface area contributed by atoms with Crippen molar-refractivity contribution < 1.29 is 12.8 Å². The Morgan fingerprint density at radius 1 is 1.56 bits per heavy atom. The van der Waals surface area contributed by atoms with Crippen LogP contribution in [0, 0.1) is 5.82 Å². The third kappa shape index (κ3) is 3.73. The maximum atomic E-state index is 13.2. The summed E-state index contributed by atoms with van der Waals surface area (Å²) in [7, 11) is -3.82. The Labute approximate surface area is 98.7 Å². The molecule has 16 heavy (non-hydrogen) atoms. The van der Waals surface area contributed by atoms with Crippen LogP contribution in [-0.2, 0) is 10.0 Å². The molecule has 7 heteroatoms. The fourth-order valence-corrected chi connectivity index (χ4v) is 2.57. The minimum absolute atomic E-state index is 0.291. The number of hydrogen-bond acceptors (Lipinski definition) is 4. The van der Waals surface area contributed by atoms with Crippen LogP contribution in [0.5, 0.6) is 0 Å². The highest BCUT2D eigenvalue weighted by Gasteiger charge is 2.19. The highest BCUT2D eigenvalue weighted by Crippen LogP contribution is 2.09. The molecule has 0 saturated heterocycles. The molecular weight excluding hydrogens is 251 g/mol. The molecule has 1 aromatic rings. The van der Waals surface area contributed by atoms with Crippen molar-refractivity contribution in [2.24, 2.45) is 0 Å². The Balaban J connectivity index is 2.68. The first kappa shape index (κ1) is 13.4. The van der Waals surface area contributed by atoms with E-state index in [1.165, 1.54) is 12.3 Å². The first-order chi connectivity index (χ1) is 7.58. The lowest BCUT2D eigenvalue weighted by atomic mass is 10.5. The molecule has 0 saturated carbocycles. The summed E-state index contributed by atoms with van der Waals surface area (Å²) >= 11 is 1.63. The number of nitrogens with zero attached hydrogens (tertiary/aromatic N) is 1. The number of aromatic nitrogens is 1. The van der Waals surface area contributed by atoms with Crippen molar-refractivity contribution in [2.45, 2.75) is 11.4 Å². The molecule has 1 aromatic heterocycles. The summed E-state index contributed by atoms with van der Waals surface area (Å²) in [5, 5.41) is -0.542. The van der Waals surface area contributed by atoms with Crippen LogP contribution in [-0.4, -0.2) is 32.0 Å². The quantitative estimate of drug-likeness (QED) is 0.786. The largest absolute Gasteiger partial charge is 0.261 e. The number of nitrogens with one attached hydrogen (secondary N) is 1. The second-order valence-electron chi connectivity index (χ2n) is 3.03. The molecular formula is C9H13FN2O2S2. The van der Waals surface area contributed by atoms with Crippen LogP contribution in [0.15, 0.2) is 23.4 Å². The molecule has 0 spiro atoms. The van der Waals surface area contributed by atoms with E-state index in [9.17, 15) is 12.8 Å². The highest BCUT2D eigenvalue weighted by atomic mass is 32.2. The van der Waals surface area contributed by atoms with Crippen LogP contribution in [0.4, 0.5) is 4.39 Å². The van der Waals surface area contributed by atoms with Crippen molar-refractivity contribution in [1.29, 1.82) is 0 Å². The molecule has 0 unspecified atom stereocenters. The average Bonchev–Trinajstić information content (AvgIpc) is 2.25. The van der Waals surface area contributed by atoms with Gasteiger partial charge in [-0.1, -0.05) is 0 Å². The standard InChI is InChI=1S/C9H13FN2O2S2/c1-15-7-3-6-12-16(13,14)9-8(10)4-2-5-11-9/h2,4-5,12H,3,6-7H2,1H3. The normalized spacial score (nSPS) is 11.6. The van der Waals surface area contributed by atoms with Crippen molar-refractivity contribution in [3.63, 3.8) is 0 Å². The van der Waals surface area contributed by atoms with E-state index >= 15 is 0 Å². The summed E-state index contributed by atoms with van der Waals surface area (Å²) < 4.78 is 38.7. The lowest BCUT2D eigenvalue weighted by molar-refractivity contribution is 0.544. The van der Waals surface area contributed by atoms with Crippen LogP contribution in [0.3, 0.4) is 0 Å². The van der Waals surface area contributed by atoms with Crippen LogP contribution in [0.1, 0.15) is 6.42 Å². The molecule has 90 valence electrons. The van der Waals surface area contributed by atoms with Gasteiger partial charge in [-0.2, -0.15) is 11.8 Å². The van der Waals surface area contributed by atoms with Crippen molar-refractivity contribution >= 4 is 21.8 Å². The highest BCUT2D eigenvalue weighted by molar-refractivity contribution is 7.98. The van der Waals surface area contributed by atoms with Gasteiger partial charge < -0.3 is 0 Å². The lowest BCUT2D eigenvalue weighted by Gasteiger charge is -2.05. The maximum absolute atomic E-state index is 13.2. The average molecular weight is 264 g/mol. The van der Waals surface area contributed by atoms with Gasteiger partial charge >= 0.3 is 0 Å². The van der Waals surface area contributed by atoms with Gasteiger partial charge in [0.25, 0.3) is 10.0 Å². The molecule has 0 aromatic carbocycles. The van der Waals surface area contributed by atoms with Crippen LogP contribution < -0.4 is 4.72 Å². The minimum Gasteiger partial charge on any atom is -0.241 e. The molecule has 1 heterocycles. The van der Waals surface area contributed by atoms with Crippen molar-refractivity contribution in [3.8, 4) is 0 Å². The summed E-state index contributed by atoms with van der Waals surface area (Å²) in [5.74, 6) is 0.0209. The number of pyridine rings is 1.